The van der Waals surface area contributed by atoms with Gasteiger partial charge in [0.15, 0.2) is 11.6 Å². The molecule has 0 bridgehead atoms. The molecule has 0 unspecified atom stereocenters. The van der Waals surface area contributed by atoms with Gasteiger partial charge < -0.3 is 9.84 Å². The number of tetrazole rings is 1. The minimum Gasteiger partial charge on any atom is -0.494 e. The number of hydrogen-bond acceptors (Lipinski definition) is 6. The van der Waals surface area contributed by atoms with Crippen LogP contribution in [0.5, 0.6) is 5.75 Å². The van der Waals surface area contributed by atoms with Crippen molar-refractivity contribution in [3.05, 3.63) is 29.6 Å². The number of aliphatic hydroxyl groups is 1. The monoisotopic (exact) mass is 284 g/mol. The maximum Gasteiger partial charge on any atom is 0.209 e. The summed E-state index contributed by atoms with van der Waals surface area (Å²) in [6.45, 7) is 0.266. The van der Waals surface area contributed by atoms with Gasteiger partial charge in [-0.05, 0) is 16.5 Å². The third-order valence-corrected chi connectivity index (χ3v) is 3.44. The van der Waals surface area contributed by atoms with Gasteiger partial charge in [0.2, 0.25) is 5.16 Å². The van der Waals surface area contributed by atoms with E-state index in [0.717, 1.165) is 0 Å². The molecule has 102 valence electrons. The van der Waals surface area contributed by atoms with Gasteiger partial charge in [-0.3, -0.25) is 0 Å². The second-order valence-electron chi connectivity index (χ2n) is 3.63. The lowest BCUT2D eigenvalue weighted by molar-refractivity contribution is 0.262. The summed E-state index contributed by atoms with van der Waals surface area (Å²) in [5.41, 5.74) is 0.517. The molecule has 1 heterocycles. The Labute approximate surface area is 113 Å². The average Bonchev–Trinajstić information content (AvgIpc) is 2.85. The summed E-state index contributed by atoms with van der Waals surface area (Å²) < 4.78 is 20.3. The quantitative estimate of drug-likeness (QED) is 0.801. The number of rotatable bonds is 6. The van der Waals surface area contributed by atoms with Crippen molar-refractivity contribution in [2.24, 2.45) is 0 Å². The van der Waals surface area contributed by atoms with Crippen molar-refractivity contribution in [3.63, 3.8) is 0 Å². The van der Waals surface area contributed by atoms with Crippen molar-refractivity contribution in [2.75, 3.05) is 13.7 Å². The Balaban J connectivity index is 2.08. The highest BCUT2D eigenvalue weighted by Crippen LogP contribution is 2.26. The molecule has 1 aromatic heterocycles. The highest BCUT2D eigenvalue weighted by Gasteiger charge is 2.11. The molecule has 2 aromatic rings. The molecular formula is C11H13FN4O2S. The van der Waals surface area contributed by atoms with Crippen LogP contribution in [0.25, 0.3) is 0 Å². The van der Waals surface area contributed by atoms with Gasteiger partial charge in [0.05, 0.1) is 20.3 Å². The van der Waals surface area contributed by atoms with Gasteiger partial charge in [0.1, 0.15) is 0 Å². The average molecular weight is 284 g/mol. The predicted octanol–water partition coefficient (Wildman–Crippen LogP) is 1.11. The summed E-state index contributed by atoms with van der Waals surface area (Å²) in [7, 11) is 1.43. The van der Waals surface area contributed by atoms with Crippen molar-refractivity contribution in [1.29, 1.82) is 0 Å². The molecule has 19 heavy (non-hydrogen) atoms. The van der Waals surface area contributed by atoms with Crippen LogP contribution in [0.4, 0.5) is 4.39 Å². The topological polar surface area (TPSA) is 73.1 Å². The first-order valence-electron chi connectivity index (χ1n) is 5.57. The van der Waals surface area contributed by atoms with Crippen LogP contribution in [0.1, 0.15) is 5.56 Å². The van der Waals surface area contributed by atoms with E-state index in [9.17, 15) is 4.39 Å². The number of nitrogens with zero attached hydrogens (tertiary/aromatic N) is 4. The minimum atomic E-state index is -0.376. The Kier molecular flexibility index (Phi) is 4.69. The second-order valence-corrected chi connectivity index (χ2v) is 4.57. The lowest BCUT2D eigenvalue weighted by Crippen LogP contribution is -2.05. The van der Waals surface area contributed by atoms with Gasteiger partial charge in [0.25, 0.3) is 0 Å². The summed E-state index contributed by atoms with van der Waals surface area (Å²) in [4.78, 5) is 0. The van der Waals surface area contributed by atoms with E-state index in [1.165, 1.54) is 23.6 Å². The van der Waals surface area contributed by atoms with Crippen molar-refractivity contribution in [1.82, 2.24) is 20.2 Å². The SMILES string of the molecule is COc1cccc(CSc2nnnn2CCO)c1F. The van der Waals surface area contributed by atoms with Gasteiger partial charge in [0, 0.05) is 11.3 Å². The third kappa shape index (κ3) is 3.21. The van der Waals surface area contributed by atoms with E-state index in [0.29, 0.717) is 23.0 Å². The van der Waals surface area contributed by atoms with E-state index in [1.54, 1.807) is 18.2 Å². The van der Waals surface area contributed by atoms with Gasteiger partial charge >= 0.3 is 0 Å². The second kappa shape index (κ2) is 6.48. The number of aliphatic hydroxyl groups excluding tert-OH is 1. The number of ether oxygens (including phenoxy) is 1. The van der Waals surface area contributed by atoms with Crippen LogP contribution in [0.2, 0.25) is 0 Å². The van der Waals surface area contributed by atoms with Crippen LogP contribution in [0, 0.1) is 5.82 Å². The molecule has 0 spiro atoms. The Morgan fingerprint density at radius 3 is 3.05 bits per heavy atom. The first-order valence-corrected chi connectivity index (χ1v) is 6.56. The molecule has 0 radical (unpaired) electrons. The maximum absolute atomic E-state index is 13.9. The molecule has 0 amide bonds. The molecule has 0 aliphatic carbocycles. The molecule has 0 saturated heterocycles. The number of methoxy groups -OCH3 is 1. The summed E-state index contributed by atoms with van der Waals surface area (Å²) in [6, 6.07) is 4.98. The summed E-state index contributed by atoms with van der Waals surface area (Å²) in [5.74, 6) is 0.223. The zero-order valence-electron chi connectivity index (χ0n) is 10.3. The van der Waals surface area contributed by atoms with Crippen LogP contribution >= 0.6 is 11.8 Å². The fourth-order valence-corrected chi connectivity index (χ4v) is 2.38. The molecule has 0 atom stereocenters. The molecule has 2 rings (SSSR count). The van der Waals surface area contributed by atoms with Crippen LogP contribution in [-0.2, 0) is 12.3 Å². The molecule has 8 heteroatoms. The molecule has 0 saturated carbocycles. The zero-order chi connectivity index (χ0) is 13.7. The van der Waals surface area contributed by atoms with Gasteiger partial charge in [-0.25, -0.2) is 9.07 Å². The first-order chi connectivity index (χ1) is 9.26. The number of hydrogen-bond donors (Lipinski definition) is 1. The predicted molar refractivity (Wildman–Crippen MR) is 67.4 cm³/mol. The summed E-state index contributed by atoms with van der Waals surface area (Å²) >= 11 is 1.30. The number of aromatic nitrogens is 4. The fraction of sp³-hybridized carbons (Fsp3) is 0.364. The smallest absolute Gasteiger partial charge is 0.209 e. The van der Waals surface area contributed by atoms with E-state index >= 15 is 0 Å². The van der Waals surface area contributed by atoms with Crippen molar-refractivity contribution >= 4 is 11.8 Å². The van der Waals surface area contributed by atoms with E-state index in [2.05, 4.69) is 15.5 Å². The minimum absolute atomic E-state index is 0.0495. The fourth-order valence-electron chi connectivity index (χ4n) is 1.50. The molecule has 0 aliphatic rings. The Morgan fingerprint density at radius 2 is 2.32 bits per heavy atom. The highest BCUT2D eigenvalue weighted by molar-refractivity contribution is 7.98. The first kappa shape index (κ1) is 13.8. The van der Waals surface area contributed by atoms with Crippen LogP contribution in [0.3, 0.4) is 0 Å². The van der Waals surface area contributed by atoms with E-state index in [4.69, 9.17) is 9.84 Å². The van der Waals surface area contributed by atoms with E-state index in [1.807, 2.05) is 0 Å². The number of halogens is 1. The van der Waals surface area contributed by atoms with Gasteiger partial charge in [-0.2, -0.15) is 0 Å². The van der Waals surface area contributed by atoms with E-state index < -0.39 is 0 Å². The molecule has 0 aliphatic heterocycles. The Morgan fingerprint density at radius 1 is 1.47 bits per heavy atom. The van der Waals surface area contributed by atoms with Crippen molar-refractivity contribution in [2.45, 2.75) is 17.5 Å². The molecule has 1 aromatic carbocycles. The number of thioether (sulfide) groups is 1. The normalized spacial score (nSPS) is 10.7. The molecule has 1 N–H and O–H groups in total. The lowest BCUT2D eigenvalue weighted by atomic mass is 10.2. The maximum atomic E-state index is 13.9. The van der Waals surface area contributed by atoms with E-state index in [-0.39, 0.29) is 18.2 Å². The summed E-state index contributed by atoms with van der Waals surface area (Å²) in [6.07, 6.45) is 0. The standard InChI is InChI=1S/C11H13FN4O2S/c1-18-9-4-2-3-8(10(9)12)7-19-11-13-14-15-16(11)5-6-17/h2-4,17H,5-7H2,1H3. The van der Waals surface area contributed by atoms with Crippen molar-refractivity contribution < 1.29 is 14.2 Å². The number of benzene rings is 1. The lowest BCUT2D eigenvalue weighted by Gasteiger charge is -2.07. The molecule has 0 fully saturated rings. The Hall–Kier alpha value is -1.67. The van der Waals surface area contributed by atoms with Crippen LogP contribution in [-0.4, -0.2) is 39.0 Å². The Bertz CT molecular complexity index is 549. The highest BCUT2D eigenvalue weighted by atomic mass is 32.2. The van der Waals surface area contributed by atoms with Crippen molar-refractivity contribution in [3.8, 4) is 5.75 Å². The zero-order valence-corrected chi connectivity index (χ0v) is 11.1. The molecular weight excluding hydrogens is 271 g/mol. The third-order valence-electron chi connectivity index (χ3n) is 2.43. The molecule has 6 nitrogen and oxygen atoms in total. The van der Waals surface area contributed by atoms with Gasteiger partial charge in [-0.1, -0.05) is 23.9 Å². The van der Waals surface area contributed by atoms with Crippen LogP contribution < -0.4 is 4.74 Å². The largest absolute Gasteiger partial charge is 0.494 e. The summed E-state index contributed by atoms with van der Waals surface area (Å²) in [5, 5.41) is 20.5. The van der Waals surface area contributed by atoms with Gasteiger partial charge in [-0.15, -0.1) is 5.10 Å². The van der Waals surface area contributed by atoms with Crippen LogP contribution in [0.15, 0.2) is 23.4 Å².